The summed E-state index contributed by atoms with van der Waals surface area (Å²) in [6.45, 7) is 0.625. The summed E-state index contributed by atoms with van der Waals surface area (Å²) in [7, 11) is 0. The molecule has 0 saturated heterocycles. The maximum Gasteiger partial charge on any atom is 0.124 e. The SMILES string of the molecule is N[C@H]1CCOc2ccc(F)cc21. The van der Waals surface area contributed by atoms with Crippen LogP contribution in [0.3, 0.4) is 0 Å². The van der Waals surface area contributed by atoms with Crippen molar-refractivity contribution in [2.24, 2.45) is 5.73 Å². The van der Waals surface area contributed by atoms with Crippen molar-refractivity contribution in [1.29, 1.82) is 0 Å². The second-order valence-electron chi connectivity index (χ2n) is 2.93. The van der Waals surface area contributed by atoms with Gasteiger partial charge in [-0.05, 0) is 18.2 Å². The average molecular weight is 167 g/mol. The molecule has 0 spiro atoms. The summed E-state index contributed by atoms with van der Waals surface area (Å²) >= 11 is 0. The van der Waals surface area contributed by atoms with Gasteiger partial charge in [0.05, 0.1) is 6.61 Å². The standard InChI is InChI=1S/C9H10FNO/c10-6-1-2-9-7(5-6)8(11)3-4-12-9/h1-2,5,8H,3-4,11H2/t8-/m0/s1. The Hall–Kier alpha value is -1.09. The molecule has 0 bridgehead atoms. The van der Waals surface area contributed by atoms with Crippen LogP contribution in [0.25, 0.3) is 0 Å². The van der Waals surface area contributed by atoms with Crippen molar-refractivity contribution in [2.75, 3.05) is 6.61 Å². The van der Waals surface area contributed by atoms with Crippen LogP contribution >= 0.6 is 0 Å². The number of hydrogen-bond donors (Lipinski definition) is 1. The Balaban J connectivity index is 2.47. The minimum absolute atomic E-state index is 0.0792. The first-order valence-electron chi connectivity index (χ1n) is 3.95. The van der Waals surface area contributed by atoms with Gasteiger partial charge < -0.3 is 10.5 Å². The molecule has 2 N–H and O–H groups in total. The molecule has 0 amide bonds. The Morgan fingerprint density at radius 1 is 1.50 bits per heavy atom. The van der Waals surface area contributed by atoms with Crippen LogP contribution in [0.4, 0.5) is 4.39 Å². The lowest BCUT2D eigenvalue weighted by Crippen LogP contribution is -2.20. The summed E-state index contributed by atoms with van der Waals surface area (Å²) in [5.41, 5.74) is 6.55. The molecule has 64 valence electrons. The zero-order valence-electron chi connectivity index (χ0n) is 6.59. The van der Waals surface area contributed by atoms with Gasteiger partial charge >= 0.3 is 0 Å². The van der Waals surface area contributed by atoms with Gasteiger partial charge in [0.25, 0.3) is 0 Å². The summed E-state index contributed by atoms with van der Waals surface area (Å²) in [6.07, 6.45) is 0.760. The van der Waals surface area contributed by atoms with Crippen molar-refractivity contribution in [1.82, 2.24) is 0 Å². The van der Waals surface area contributed by atoms with Crippen molar-refractivity contribution in [3.63, 3.8) is 0 Å². The average Bonchev–Trinajstić information content (AvgIpc) is 2.07. The van der Waals surface area contributed by atoms with E-state index in [1.165, 1.54) is 12.1 Å². The maximum absolute atomic E-state index is 12.8. The number of halogens is 1. The molecule has 1 aromatic carbocycles. The molecular weight excluding hydrogens is 157 g/mol. The number of fused-ring (bicyclic) bond motifs is 1. The molecule has 3 heteroatoms. The smallest absolute Gasteiger partial charge is 0.124 e. The highest BCUT2D eigenvalue weighted by Gasteiger charge is 2.17. The summed E-state index contributed by atoms with van der Waals surface area (Å²) in [4.78, 5) is 0. The minimum atomic E-state index is -0.255. The Morgan fingerprint density at radius 3 is 3.17 bits per heavy atom. The first kappa shape index (κ1) is 7.55. The van der Waals surface area contributed by atoms with E-state index in [-0.39, 0.29) is 11.9 Å². The first-order valence-corrected chi connectivity index (χ1v) is 3.95. The first-order chi connectivity index (χ1) is 5.77. The third kappa shape index (κ3) is 1.16. The summed E-state index contributed by atoms with van der Waals surface area (Å²) in [5.74, 6) is 0.463. The van der Waals surface area contributed by atoms with E-state index in [2.05, 4.69) is 0 Å². The Bertz CT molecular complexity index is 301. The highest BCUT2D eigenvalue weighted by atomic mass is 19.1. The number of hydrogen-bond acceptors (Lipinski definition) is 2. The summed E-state index contributed by atoms with van der Waals surface area (Å²) in [6, 6.07) is 4.38. The summed E-state index contributed by atoms with van der Waals surface area (Å²) in [5, 5.41) is 0. The fourth-order valence-corrected chi connectivity index (χ4v) is 1.39. The fourth-order valence-electron chi connectivity index (χ4n) is 1.39. The lowest BCUT2D eigenvalue weighted by Gasteiger charge is -2.22. The van der Waals surface area contributed by atoms with Gasteiger partial charge in [0.1, 0.15) is 11.6 Å². The molecule has 0 aliphatic carbocycles. The van der Waals surface area contributed by atoms with Crippen molar-refractivity contribution >= 4 is 0 Å². The molecule has 1 heterocycles. The molecule has 0 unspecified atom stereocenters. The molecule has 0 saturated carbocycles. The van der Waals surface area contributed by atoms with E-state index in [1.807, 2.05) is 0 Å². The van der Waals surface area contributed by atoms with E-state index in [9.17, 15) is 4.39 Å². The van der Waals surface area contributed by atoms with Gasteiger partial charge in [0, 0.05) is 18.0 Å². The number of rotatable bonds is 0. The molecule has 0 aromatic heterocycles. The lowest BCUT2D eigenvalue weighted by atomic mass is 10.0. The minimum Gasteiger partial charge on any atom is -0.493 e. The van der Waals surface area contributed by atoms with Crippen molar-refractivity contribution in [3.8, 4) is 5.75 Å². The second kappa shape index (κ2) is 2.75. The highest BCUT2D eigenvalue weighted by Crippen LogP contribution is 2.30. The topological polar surface area (TPSA) is 35.2 Å². The third-order valence-corrected chi connectivity index (χ3v) is 2.06. The van der Waals surface area contributed by atoms with Crippen molar-refractivity contribution in [3.05, 3.63) is 29.6 Å². The van der Waals surface area contributed by atoms with Gasteiger partial charge in [-0.2, -0.15) is 0 Å². The van der Waals surface area contributed by atoms with Gasteiger partial charge in [0.15, 0.2) is 0 Å². The monoisotopic (exact) mass is 167 g/mol. The normalized spacial score (nSPS) is 21.3. The van der Waals surface area contributed by atoms with Crippen LogP contribution in [0, 0.1) is 5.82 Å². The van der Waals surface area contributed by atoms with Gasteiger partial charge in [-0.15, -0.1) is 0 Å². The molecular formula is C9H10FNO. The van der Waals surface area contributed by atoms with Gasteiger partial charge in [0.2, 0.25) is 0 Å². The van der Waals surface area contributed by atoms with E-state index in [0.717, 1.165) is 17.7 Å². The fraction of sp³-hybridized carbons (Fsp3) is 0.333. The molecule has 1 atom stereocenters. The largest absolute Gasteiger partial charge is 0.493 e. The third-order valence-electron chi connectivity index (χ3n) is 2.06. The Kier molecular flexibility index (Phi) is 1.73. The quantitative estimate of drug-likeness (QED) is 0.637. The van der Waals surface area contributed by atoms with Gasteiger partial charge in [-0.1, -0.05) is 0 Å². The van der Waals surface area contributed by atoms with Crippen molar-refractivity contribution in [2.45, 2.75) is 12.5 Å². The summed E-state index contributed by atoms with van der Waals surface area (Å²) < 4.78 is 18.1. The predicted octanol–water partition coefficient (Wildman–Crippen LogP) is 1.61. The van der Waals surface area contributed by atoms with Gasteiger partial charge in [-0.25, -0.2) is 4.39 Å². The molecule has 1 aromatic rings. The van der Waals surface area contributed by atoms with Crippen LogP contribution in [0.2, 0.25) is 0 Å². The second-order valence-corrected chi connectivity index (χ2v) is 2.93. The van der Waals surface area contributed by atoms with E-state index in [1.54, 1.807) is 6.07 Å². The zero-order chi connectivity index (χ0) is 8.55. The molecule has 0 radical (unpaired) electrons. The van der Waals surface area contributed by atoms with E-state index in [4.69, 9.17) is 10.5 Å². The van der Waals surface area contributed by atoms with Crippen LogP contribution in [0.5, 0.6) is 5.75 Å². The highest BCUT2D eigenvalue weighted by molar-refractivity contribution is 5.37. The molecule has 2 nitrogen and oxygen atoms in total. The maximum atomic E-state index is 12.8. The van der Waals surface area contributed by atoms with E-state index < -0.39 is 0 Å². The zero-order valence-corrected chi connectivity index (χ0v) is 6.59. The molecule has 12 heavy (non-hydrogen) atoms. The number of benzene rings is 1. The number of ether oxygens (including phenoxy) is 1. The van der Waals surface area contributed by atoms with Crippen LogP contribution in [-0.2, 0) is 0 Å². The van der Waals surface area contributed by atoms with Crippen LogP contribution in [0.1, 0.15) is 18.0 Å². The molecule has 1 aliphatic heterocycles. The molecule has 0 fully saturated rings. The predicted molar refractivity (Wildman–Crippen MR) is 43.4 cm³/mol. The Morgan fingerprint density at radius 2 is 2.33 bits per heavy atom. The van der Waals surface area contributed by atoms with Crippen LogP contribution < -0.4 is 10.5 Å². The molecule has 2 rings (SSSR count). The number of nitrogens with two attached hydrogens (primary N) is 1. The van der Waals surface area contributed by atoms with Crippen LogP contribution in [-0.4, -0.2) is 6.61 Å². The van der Waals surface area contributed by atoms with E-state index in [0.29, 0.717) is 6.61 Å². The Labute approximate surface area is 70.1 Å². The molecule has 1 aliphatic rings. The van der Waals surface area contributed by atoms with Crippen LogP contribution in [0.15, 0.2) is 18.2 Å². The van der Waals surface area contributed by atoms with E-state index >= 15 is 0 Å². The van der Waals surface area contributed by atoms with Gasteiger partial charge in [-0.3, -0.25) is 0 Å². The lowest BCUT2D eigenvalue weighted by molar-refractivity contribution is 0.268. The van der Waals surface area contributed by atoms with Crippen molar-refractivity contribution < 1.29 is 9.13 Å².